The fourth-order valence-corrected chi connectivity index (χ4v) is 2.83. The Hall–Kier alpha value is -0.490. The van der Waals surface area contributed by atoms with Gasteiger partial charge in [0.1, 0.15) is 0 Å². The molecule has 0 radical (unpaired) electrons. The first kappa shape index (κ1) is 17.9. The van der Waals surface area contributed by atoms with Crippen LogP contribution in [0.4, 0.5) is 0 Å². The summed E-state index contributed by atoms with van der Waals surface area (Å²) in [6.07, 6.45) is 5.13. The van der Waals surface area contributed by atoms with Crippen LogP contribution in [0.3, 0.4) is 0 Å². The quantitative estimate of drug-likeness (QED) is 0.405. The maximum Gasteiger partial charge on any atom is 0.191 e. The van der Waals surface area contributed by atoms with E-state index in [0.29, 0.717) is 0 Å². The van der Waals surface area contributed by atoms with Gasteiger partial charge in [-0.2, -0.15) is 0 Å². The van der Waals surface area contributed by atoms with E-state index in [-0.39, 0.29) is 29.4 Å². The number of hydrogen-bond acceptors (Lipinski definition) is 1. The molecule has 2 fully saturated rings. The zero-order valence-corrected chi connectivity index (χ0v) is 16.2. The minimum atomic E-state index is 0. The highest BCUT2D eigenvalue weighted by Crippen LogP contribution is 2.48. The predicted molar refractivity (Wildman–Crippen MR) is 104 cm³/mol. The molecule has 0 amide bonds. The summed E-state index contributed by atoms with van der Waals surface area (Å²) in [6, 6.07) is 8.25. The van der Waals surface area contributed by atoms with E-state index in [1.165, 1.54) is 31.2 Å². The summed E-state index contributed by atoms with van der Waals surface area (Å²) in [6.45, 7) is 4.90. The molecule has 0 spiro atoms. The summed E-state index contributed by atoms with van der Waals surface area (Å²) >= 11 is 6.12. The summed E-state index contributed by atoms with van der Waals surface area (Å²) in [4.78, 5) is 4.80. The Kier molecular flexibility index (Phi) is 6.38. The molecule has 3 rings (SSSR count). The number of rotatable bonds is 6. The van der Waals surface area contributed by atoms with Crippen molar-refractivity contribution in [2.75, 3.05) is 19.6 Å². The molecule has 0 bridgehead atoms. The molecule has 0 heterocycles. The first-order valence-electron chi connectivity index (χ1n) is 8.00. The number of hydrogen-bond donors (Lipinski definition) is 2. The topological polar surface area (TPSA) is 36.4 Å². The molecule has 0 atom stereocenters. The van der Waals surface area contributed by atoms with Crippen molar-refractivity contribution in [1.29, 1.82) is 0 Å². The molecule has 2 N–H and O–H groups in total. The van der Waals surface area contributed by atoms with Crippen molar-refractivity contribution in [3.63, 3.8) is 0 Å². The van der Waals surface area contributed by atoms with Crippen LogP contribution < -0.4 is 10.6 Å². The lowest BCUT2D eigenvalue weighted by Gasteiger charge is -2.16. The monoisotopic (exact) mass is 433 g/mol. The summed E-state index contributed by atoms with van der Waals surface area (Å²) in [5.74, 6) is 1.81. The highest BCUT2D eigenvalue weighted by atomic mass is 127. The van der Waals surface area contributed by atoms with Crippen molar-refractivity contribution in [2.45, 2.75) is 38.0 Å². The van der Waals surface area contributed by atoms with Crippen LogP contribution in [0.5, 0.6) is 0 Å². The first-order valence-corrected chi connectivity index (χ1v) is 8.38. The van der Waals surface area contributed by atoms with E-state index in [1.807, 2.05) is 12.1 Å². The van der Waals surface area contributed by atoms with Crippen LogP contribution in [0.1, 0.15) is 38.2 Å². The normalized spacial score (nSPS) is 19.3. The number of halogens is 2. The van der Waals surface area contributed by atoms with Crippen molar-refractivity contribution in [3.8, 4) is 0 Å². The Morgan fingerprint density at radius 3 is 2.68 bits per heavy atom. The fraction of sp³-hybridized carbons (Fsp3) is 0.588. The van der Waals surface area contributed by atoms with Gasteiger partial charge in [0.05, 0.1) is 6.54 Å². The molecule has 2 aliphatic rings. The lowest BCUT2D eigenvalue weighted by Crippen LogP contribution is -2.39. The summed E-state index contributed by atoms with van der Waals surface area (Å²) in [5, 5.41) is 7.62. The molecule has 2 saturated carbocycles. The van der Waals surface area contributed by atoms with Gasteiger partial charge < -0.3 is 10.6 Å². The third kappa shape index (κ3) is 4.75. The Bertz CT molecular complexity index is 524. The second-order valence-corrected chi connectivity index (χ2v) is 6.75. The zero-order valence-electron chi connectivity index (χ0n) is 13.1. The van der Waals surface area contributed by atoms with Gasteiger partial charge in [-0.25, -0.2) is 0 Å². The standard InChI is InChI=1S/C17H24ClN3.HI/c1-2-19-16(20-11-13-6-7-13)21-12-17(8-9-17)14-4-3-5-15(18)10-14;/h3-5,10,13H,2,6-9,11-12H2,1H3,(H2,19,20,21);1H. The van der Waals surface area contributed by atoms with Crippen molar-refractivity contribution in [3.05, 3.63) is 34.9 Å². The summed E-state index contributed by atoms with van der Waals surface area (Å²) in [7, 11) is 0. The first-order chi connectivity index (χ1) is 10.2. The number of nitrogens with zero attached hydrogens (tertiary/aromatic N) is 1. The van der Waals surface area contributed by atoms with Crippen LogP contribution in [0.15, 0.2) is 29.3 Å². The van der Waals surface area contributed by atoms with E-state index >= 15 is 0 Å². The summed E-state index contributed by atoms with van der Waals surface area (Å²) < 4.78 is 0. The van der Waals surface area contributed by atoms with Crippen LogP contribution in [0.25, 0.3) is 0 Å². The van der Waals surface area contributed by atoms with Gasteiger partial charge in [0.2, 0.25) is 0 Å². The third-order valence-corrected chi connectivity index (χ3v) is 4.66. The lowest BCUT2D eigenvalue weighted by atomic mass is 9.96. The largest absolute Gasteiger partial charge is 0.357 e. The van der Waals surface area contributed by atoms with Gasteiger partial charge in [-0.1, -0.05) is 23.7 Å². The fourth-order valence-electron chi connectivity index (χ4n) is 2.64. The van der Waals surface area contributed by atoms with E-state index in [1.54, 1.807) is 0 Å². The molecule has 122 valence electrons. The van der Waals surface area contributed by atoms with Crippen LogP contribution in [-0.2, 0) is 5.41 Å². The molecule has 0 aromatic heterocycles. The number of aliphatic imine (C=N–C) groups is 1. The number of nitrogens with one attached hydrogen (secondary N) is 2. The lowest BCUT2D eigenvalue weighted by molar-refractivity contribution is 0.685. The highest BCUT2D eigenvalue weighted by Gasteiger charge is 2.44. The molecule has 22 heavy (non-hydrogen) atoms. The van der Waals surface area contributed by atoms with Crippen molar-refractivity contribution >= 4 is 41.5 Å². The van der Waals surface area contributed by atoms with Gasteiger partial charge in [0, 0.05) is 23.5 Å². The van der Waals surface area contributed by atoms with Gasteiger partial charge in [0.15, 0.2) is 5.96 Å². The van der Waals surface area contributed by atoms with E-state index in [0.717, 1.165) is 36.5 Å². The number of benzene rings is 1. The van der Waals surface area contributed by atoms with E-state index in [9.17, 15) is 0 Å². The average molecular weight is 434 g/mol. The summed E-state index contributed by atoms with van der Waals surface area (Å²) in [5.41, 5.74) is 1.55. The third-order valence-electron chi connectivity index (χ3n) is 4.43. The SMILES string of the molecule is CCNC(=NCC1(c2cccc(Cl)c2)CC1)NCC1CC1.I. The maximum atomic E-state index is 6.12. The van der Waals surface area contributed by atoms with E-state index < -0.39 is 0 Å². The second kappa shape index (κ2) is 7.86. The minimum Gasteiger partial charge on any atom is -0.357 e. The Balaban J connectivity index is 0.00000176. The molecule has 0 unspecified atom stereocenters. The van der Waals surface area contributed by atoms with E-state index in [4.69, 9.17) is 16.6 Å². The Labute approximate surface area is 155 Å². The highest BCUT2D eigenvalue weighted by molar-refractivity contribution is 14.0. The molecule has 5 heteroatoms. The van der Waals surface area contributed by atoms with Gasteiger partial charge in [0.25, 0.3) is 0 Å². The molecule has 0 saturated heterocycles. The molecule has 1 aromatic rings. The second-order valence-electron chi connectivity index (χ2n) is 6.31. The molecule has 1 aromatic carbocycles. The van der Waals surface area contributed by atoms with Gasteiger partial charge >= 0.3 is 0 Å². The minimum absolute atomic E-state index is 0. The maximum absolute atomic E-state index is 6.12. The van der Waals surface area contributed by atoms with Crippen molar-refractivity contribution in [2.24, 2.45) is 10.9 Å². The average Bonchev–Trinajstić information content (AvgIpc) is 3.37. The Morgan fingerprint density at radius 1 is 1.32 bits per heavy atom. The van der Waals surface area contributed by atoms with E-state index in [2.05, 4.69) is 29.7 Å². The van der Waals surface area contributed by atoms with Crippen molar-refractivity contribution in [1.82, 2.24) is 10.6 Å². The predicted octanol–water partition coefficient (Wildman–Crippen LogP) is 3.95. The van der Waals surface area contributed by atoms with Crippen LogP contribution in [-0.4, -0.2) is 25.6 Å². The van der Waals surface area contributed by atoms with Crippen LogP contribution in [0, 0.1) is 5.92 Å². The van der Waals surface area contributed by atoms with Crippen LogP contribution in [0.2, 0.25) is 5.02 Å². The zero-order chi connectivity index (χ0) is 14.7. The Morgan fingerprint density at radius 2 is 2.09 bits per heavy atom. The molecule has 0 aliphatic heterocycles. The molecule has 2 aliphatic carbocycles. The van der Waals surface area contributed by atoms with Crippen molar-refractivity contribution < 1.29 is 0 Å². The molecular weight excluding hydrogens is 409 g/mol. The molecular formula is C17H25ClIN3. The van der Waals surface area contributed by atoms with Gasteiger partial charge in [-0.05, 0) is 56.2 Å². The number of guanidine groups is 1. The van der Waals surface area contributed by atoms with Gasteiger partial charge in [-0.3, -0.25) is 4.99 Å². The smallest absolute Gasteiger partial charge is 0.191 e. The van der Waals surface area contributed by atoms with Gasteiger partial charge in [-0.15, -0.1) is 24.0 Å². The molecule has 3 nitrogen and oxygen atoms in total. The van der Waals surface area contributed by atoms with Crippen LogP contribution >= 0.6 is 35.6 Å².